The van der Waals surface area contributed by atoms with Crippen LogP contribution in [0.15, 0.2) is 28.9 Å². The van der Waals surface area contributed by atoms with Gasteiger partial charge in [0.1, 0.15) is 0 Å². The number of carbonyl (C=O) groups is 1. The minimum absolute atomic E-state index is 0.00489. The Morgan fingerprint density at radius 3 is 2.86 bits per heavy atom. The van der Waals surface area contributed by atoms with Gasteiger partial charge in [0.15, 0.2) is 0 Å². The highest BCUT2D eigenvalue weighted by Crippen LogP contribution is 2.26. The summed E-state index contributed by atoms with van der Waals surface area (Å²) in [6.45, 7) is 3.43. The highest BCUT2D eigenvalue weighted by Gasteiger charge is 2.25. The Bertz CT molecular complexity index is 986. The summed E-state index contributed by atoms with van der Waals surface area (Å²) in [7, 11) is 0. The van der Waals surface area contributed by atoms with Crippen LogP contribution in [0, 0.1) is 0 Å². The molecule has 0 spiro atoms. The predicted molar refractivity (Wildman–Crippen MR) is 95.8 cm³/mol. The van der Waals surface area contributed by atoms with Crippen LogP contribution < -0.4 is 0 Å². The molecular formula is C18H19F2N7O2. The molecule has 0 aromatic carbocycles. The second kappa shape index (κ2) is 8.02. The van der Waals surface area contributed by atoms with Gasteiger partial charge in [0, 0.05) is 38.3 Å². The van der Waals surface area contributed by atoms with Crippen LogP contribution in [0.5, 0.6) is 0 Å². The van der Waals surface area contributed by atoms with Gasteiger partial charge >= 0.3 is 6.43 Å². The van der Waals surface area contributed by atoms with E-state index in [1.807, 2.05) is 11.1 Å². The van der Waals surface area contributed by atoms with Crippen molar-refractivity contribution in [2.75, 3.05) is 13.1 Å². The van der Waals surface area contributed by atoms with E-state index in [0.717, 1.165) is 25.1 Å². The number of amides is 1. The number of halogens is 2. The molecule has 4 rings (SSSR count). The number of alkyl halides is 2. The average molecular weight is 403 g/mol. The molecule has 1 aliphatic heterocycles. The maximum atomic E-state index is 12.6. The molecule has 0 aliphatic carbocycles. The quantitative estimate of drug-likeness (QED) is 0.645. The Kier molecular flexibility index (Phi) is 5.28. The second-order valence-corrected chi connectivity index (χ2v) is 6.93. The molecule has 0 radical (unpaired) electrons. The minimum Gasteiger partial charge on any atom is -0.415 e. The minimum atomic E-state index is -2.81. The molecular weight excluding hydrogens is 384 g/mol. The van der Waals surface area contributed by atoms with Gasteiger partial charge in [-0.2, -0.15) is 8.78 Å². The van der Waals surface area contributed by atoms with Crippen LogP contribution in [0.25, 0.3) is 11.5 Å². The number of likely N-dealkylation sites (tertiary alicyclic amines) is 1. The van der Waals surface area contributed by atoms with Crippen molar-refractivity contribution in [1.82, 2.24) is 35.1 Å². The third-order valence-electron chi connectivity index (χ3n) is 4.86. The normalized spacial score (nSPS) is 17.1. The molecule has 0 N–H and O–H groups in total. The van der Waals surface area contributed by atoms with E-state index in [-0.39, 0.29) is 17.7 Å². The van der Waals surface area contributed by atoms with E-state index in [1.54, 1.807) is 23.7 Å². The predicted octanol–water partition coefficient (Wildman–Crippen LogP) is 2.43. The average Bonchev–Trinajstić information content (AvgIpc) is 3.39. The largest absolute Gasteiger partial charge is 0.415 e. The smallest absolute Gasteiger partial charge is 0.314 e. The lowest BCUT2D eigenvalue weighted by molar-refractivity contribution is -0.130. The maximum Gasteiger partial charge on any atom is 0.314 e. The van der Waals surface area contributed by atoms with Gasteiger partial charge in [0.25, 0.3) is 5.89 Å². The van der Waals surface area contributed by atoms with Crippen LogP contribution in [0.1, 0.15) is 49.4 Å². The summed E-state index contributed by atoms with van der Waals surface area (Å²) >= 11 is 0. The zero-order chi connectivity index (χ0) is 20.4. The van der Waals surface area contributed by atoms with Crippen LogP contribution >= 0.6 is 0 Å². The third kappa shape index (κ3) is 4.28. The van der Waals surface area contributed by atoms with Crippen molar-refractivity contribution in [2.24, 2.45) is 0 Å². The first-order valence-electron chi connectivity index (χ1n) is 9.22. The first-order valence-corrected chi connectivity index (χ1v) is 9.22. The van der Waals surface area contributed by atoms with Crippen molar-refractivity contribution in [2.45, 2.75) is 38.7 Å². The lowest BCUT2D eigenvalue weighted by Gasteiger charge is -2.30. The topological polar surface area (TPSA) is 103 Å². The monoisotopic (exact) mass is 403 g/mol. The number of aromatic nitrogens is 6. The maximum absolute atomic E-state index is 12.6. The van der Waals surface area contributed by atoms with Crippen LogP contribution in [0.4, 0.5) is 8.78 Å². The van der Waals surface area contributed by atoms with Gasteiger partial charge in [0.2, 0.25) is 11.8 Å². The Morgan fingerprint density at radius 2 is 2.17 bits per heavy atom. The molecule has 1 aliphatic rings. The van der Waals surface area contributed by atoms with Crippen molar-refractivity contribution in [3.63, 3.8) is 0 Å². The lowest BCUT2D eigenvalue weighted by Crippen LogP contribution is -2.37. The Morgan fingerprint density at radius 1 is 1.31 bits per heavy atom. The zero-order valence-corrected chi connectivity index (χ0v) is 15.7. The number of pyridine rings is 1. The molecule has 1 unspecified atom stereocenters. The van der Waals surface area contributed by atoms with Gasteiger partial charge in [-0.1, -0.05) is 5.21 Å². The van der Waals surface area contributed by atoms with Crippen molar-refractivity contribution in [3.05, 3.63) is 41.8 Å². The Hall–Kier alpha value is -3.24. The number of rotatable bonds is 5. The van der Waals surface area contributed by atoms with Crippen LogP contribution in [0.2, 0.25) is 0 Å². The molecule has 0 bridgehead atoms. The van der Waals surface area contributed by atoms with Gasteiger partial charge in [-0.05, 0) is 25.0 Å². The molecule has 11 heteroatoms. The van der Waals surface area contributed by atoms with E-state index >= 15 is 0 Å². The van der Waals surface area contributed by atoms with E-state index in [0.29, 0.717) is 24.3 Å². The van der Waals surface area contributed by atoms with Crippen molar-refractivity contribution in [3.8, 4) is 11.5 Å². The van der Waals surface area contributed by atoms with Crippen molar-refractivity contribution < 1.29 is 18.0 Å². The highest BCUT2D eigenvalue weighted by atomic mass is 19.3. The van der Waals surface area contributed by atoms with Gasteiger partial charge in [-0.15, -0.1) is 15.3 Å². The molecule has 0 saturated carbocycles. The van der Waals surface area contributed by atoms with Gasteiger partial charge in [-0.3, -0.25) is 9.78 Å². The first-order chi connectivity index (χ1) is 14.0. The SMILES string of the molecule is CC(=O)N1CCCC(c2cn(Cc3ccc(-c4nnc(C(F)F)o4)cn3)nn2)C1. The molecule has 3 aromatic rings. The van der Waals surface area contributed by atoms with E-state index in [9.17, 15) is 13.6 Å². The number of hydrogen-bond donors (Lipinski definition) is 0. The highest BCUT2D eigenvalue weighted by molar-refractivity contribution is 5.73. The molecule has 1 amide bonds. The summed E-state index contributed by atoms with van der Waals surface area (Å²) in [6.07, 6.45) is 2.47. The van der Waals surface area contributed by atoms with E-state index in [2.05, 4.69) is 25.5 Å². The second-order valence-electron chi connectivity index (χ2n) is 6.93. The van der Waals surface area contributed by atoms with E-state index in [4.69, 9.17) is 4.42 Å². The summed E-state index contributed by atoms with van der Waals surface area (Å²) < 4.78 is 31.7. The summed E-state index contributed by atoms with van der Waals surface area (Å²) in [5.74, 6) is -0.466. The number of carbonyl (C=O) groups excluding carboxylic acids is 1. The summed E-state index contributed by atoms with van der Waals surface area (Å²) in [5, 5.41) is 15.3. The van der Waals surface area contributed by atoms with E-state index in [1.165, 1.54) is 6.20 Å². The fourth-order valence-electron chi connectivity index (χ4n) is 3.33. The molecule has 9 nitrogen and oxygen atoms in total. The number of hydrogen-bond acceptors (Lipinski definition) is 7. The number of piperidine rings is 1. The Balaban J connectivity index is 1.41. The molecule has 152 valence electrons. The van der Waals surface area contributed by atoms with Crippen LogP contribution in [-0.2, 0) is 11.3 Å². The zero-order valence-electron chi connectivity index (χ0n) is 15.7. The molecule has 1 saturated heterocycles. The molecule has 1 fully saturated rings. The fourth-order valence-corrected chi connectivity index (χ4v) is 3.33. The molecule has 3 aromatic heterocycles. The Labute approximate surface area is 164 Å². The fraction of sp³-hybridized carbons (Fsp3) is 0.444. The summed E-state index contributed by atoms with van der Waals surface area (Å²) in [4.78, 5) is 17.8. The third-order valence-corrected chi connectivity index (χ3v) is 4.86. The van der Waals surface area contributed by atoms with Crippen molar-refractivity contribution in [1.29, 1.82) is 0 Å². The number of nitrogens with zero attached hydrogens (tertiary/aromatic N) is 7. The van der Waals surface area contributed by atoms with Crippen LogP contribution in [0.3, 0.4) is 0 Å². The van der Waals surface area contributed by atoms with Gasteiger partial charge < -0.3 is 9.32 Å². The molecule has 4 heterocycles. The van der Waals surface area contributed by atoms with E-state index < -0.39 is 12.3 Å². The first kappa shape index (κ1) is 19.1. The van der Waals surface area contributed by atoms with Gasteiger partial charge in [0.05, 0.1) is 23.5 Å². The molecule has 29 heavy (non-hydrogen) atoms. The molecule has 1 atom stereocenters. The van der Waals surface area contributed by atoms with Gasteiger partial charge in [-0.25, -0.2) is 4.68 Å². The summed E-state index contributed by atoms with van der Waals surface area (Å²) in [5.41, 5.74) is 2.03. The van der Waals surface area contributed by atoms with Crippen LogP contribution in [-0.4, -0.2) is 54.1 Å². The summed E-state index contributed by atoms with van der Waals surface area (Å²) in [6, 6.07) is 3.41. The van der Waals surface area contributed by atoms with Crippen molar-refractivity contribution >= 4 is 5.91 Å². The lowest BCUT2D eigenvalue weighted by atomic mass is 9.95. The standard InChI is InChI=1S/C18H19F2N7O2/c1-11(28)26-6-2-3-13(8-26)15-10-27(25-22-15)9-14-5-4-12(7-21-14)17-23-24-18(29-17)16(19)20/h4-5,7,10,13,16H,2-3,6,8-9H2,1H3.